The smallest absolute Gasteiger partial charge is 0.166 e. The van der Waals surface area contributed by atoms with Gasteiger partial charge in [-0.3, -0.25) is 0 Å². The second-order valence-electron chi connectivity index (χ2n) is 3.93. The molecule has 0 aliphatic carbocycles. The highest BCUT2D eigenvalue weighted by atomic mass is 79.9. The van der Waals surface area contributed by atoms with Crippen molar-refractivity contribution in [3.05, 3.63) is 58.4 Å². The number of hydrogen-bond donors (Lipinski definition) is 0. The van der Waals surface area contributed by atoms with E-state index in [9.17, 15) is 4.39 Å². The van der Waals surface area contributed by atoms with E-state index in [0.29, 0.717) is 16.1 Å². The molecule has 4 heteroatoms. The monoisotopic (exact) mass is 328 g/mol. The van der Waals surface area contributed by atoms with E-state index in [1.807, 2.05) is 13.0 Å². The van der Waals surface area contributed by atoms with Crippen molar-refractivity contribution in [1.29, 1.82) is 0 Å². The number of alkyl halides is 1. The Morgan fingerprint density at radius 1 is 1.17 bits per heavy atom. The van der Waals surface area contributed by atoms with Gasteiger partial charge in [0, 0.05) is 5.33 Å². The summed E-state index contributed by atoms with van der Waals surface area (Å²) in [5.74, 6) is 0.235. The summed E-state index contributed by atoms with van der Waals surface area (Å²) in [6, 6.07) is 10.2. The Hall–Kier alpha value is -1.06. The van der Waals surface area contributed by atoms with Crippen LogP contribution in [0.4, 0.5) is 4.39 Å². The molecular formula is C14H11BrClFO. The molecule has 2 rings (SSSR count). The van der Waals surface area contributed by atoms with E-state index in [1.54, 1.807) is 24.3 Å². The summed E-state index contributed by atoms with van der Waals surface area (Å²) in [5, 5.41) is 1.07. The zero-order valence-corrected chi connectivity index (χ0v) is 12.1. The summed E-state index contributed by atoms with van der Waals surface area (Å²) in [6.07, 6.45) is 0. The highest BCUT2D eigenvalue weighted by Crippen LogP contribution is 2.31. The Bertz CT molecular complexity index is 572. The Kier molecular flexibility index (Phi) is 4.25. The van der Waals surface area contributed by atoms with Crippen molar-refractivity contribution in [2.75, 3.05) is 0 Å². The van der Waals surface area contributed by atoms with Gasteiger partial charge in [-0.2, -0.15) is 0 Å². The van der Waals surface area contributed by atoms with Crippen LogP contribution in [-0.2, 0) is 5.33 Å². The van der Waals surface area contributed by atoms with E-state index in [4.69, 9.17) is 16.3 Å². The molecule has 0 aromatic heterocycles. The summed E-state index contributed by atoms with van der Waals surface area (Å²) in [4.78, 5) is 0. The summed E-state index contributed by atoms with van der Waals surface area (Å²) >= 11 is 9.28. The van der Waals surface area contributed by atoms with Gasteiger partial charge in [0.25, 0.3) is 0 Å². The lowest BCUT2D eigenvalue weighted by Crippen LogP contribution is -1.91. The summed E-state index contributed by atoms with van der Waals surface area (Å²) < 4.78 is 19.3. The maximum Gasteiger partial charge on any atom is 0.166 e. The zero-order chi connectivity index (χ0) is 13.1. The number of rotatable bonds is 3. The minimum absolute atomic E-state index is 0.173. The lowest BCUT2D eigenvalue weighted by molar-refractivity contribution is 0.442. The van der Waals surface area contributed by atoms with E-state index in [1.165, 1.54) is 6.07 Å². The third-order valence-corrected chi connectivity index (χ3v) is 3.42. The molecule has 0 heterocycles. The molecule has 0 amide bonds. The lowest BCUT2D eigenvalue weighted by atomic mass is 10.2. The van der Waals surface area contributed by atoms with E-state index < -0.39 is 5.82 Å². The molecule has 0 bridgehead atoms. The zero-order valence-electron chi connectivity index (χ0n) is 9.71. The molecular weight excluding hydrogens is 319 g/mol. The summed E-state index contributed by atoms with van der Waals surface area (Å²) in [6.45, 7) is 1.92. The van der Waals surface area contributed by atoms with Crippen molar-refractivity contribution >= 4 is 27.5 Å². The Labute approximate surface area is 119 Å². The van der Waals surface area contributed by atoms with E-state index in [0.717, 1.165) is 11.1 Å². The van der Waals surface area contributed by atoms with Gasteiger partial charge in [-0.1, -0.05) is 39.7 Å². The largest absolute Gasteiger partial charge is 0.453 e. The number of benzene rings is 2. The van der Waals surface area contributed by atoms with Crippen LogP contribution in [0.2, 0.25) is 5.02 Å². The molecule has 1 nitrogen and oxygen atoms in total. The second-order valence-corrected chi connectivity index (χ2v) is 4.90. The molecule has 0 atom stereocenters. The van der Waals surface area contributed by atoms with Crippen LogP contribution < -0.4 is 4.74 Å². The number of halogens is 3. The van der Waals surface area contributed by atoms with Crippen molar-refractivity contribution in [2.45, 2.75) is 12.3 Å². The predicted octanol–water partition coefficient (Wildman–Crippen LogP) is 5.47. The fraction of sp³-hybridized carbons (Fsp3) is 0.143. The minimum atomic E-state index is -0.399. The number of aryl methyl sites for hydroxylation is 1. The van der Waals surface area contributed by atoms with E-state index in [-0.39, 0.29) is 5.75 Å². The van der Waals surface area contributed by atoms with Gasteiger partial charge in [-0.05, 0) is 42.3 Å². The van der Waals surface area contributed by atoms with Crippen LogP contribution in [0.3, 0.4) is 0 Å². The molecule has 0 N–H and O–H groups in total. The van der Waals surface area contributed by atoms with Gasteiger partial charge in [0.05, 0.1) is 5.02 Å². The Morgan fingerprint density at radius 3 is 2.61 bits per heavy atom. The maximum atomic E-state index is 13.8. The van der Waals surface area contributed by atoms with Crippen molar-refractivity contribution < 1.29 is 9.13 Å². The van der Waals surface area contributed by atoms with Gasteiger partial charge in [-0.25, -0.2) is 4.39 Å². The maximum absolute atomic E-state index is 13.8. The van der Waals surface area contributed by atoms with Gasteiger partial charge < -0.3 is 4.74 Å². The van der Waals surface area contributed by atoms with Crippen LogP contribution in [0.1, 0.15) is 11.1 Å². The van der Waals surface area contributed by atoms with Gasteiger partial charge in [0.15, 0.2) is 11.6 Å². The van der Waals surface area contributed by atoms with Gasteiger partial charge >= 0.3 is 0 Å². The first-order valence-electron chi connectivity index (χ1n) is 5.38. The molecule has 0 saturated heterocycles. The first-order valence-corrected chi connectivity index (χ1v) is 6.88. The van der Waals surface area contributed by atoms with Crippen LogP contribution in [0.25, 0.3) is 0 Å². The number of hydrogen-bond acceptors (Lipinski definition) is 1. The van der Waals surface area contributed by atoms with Crippen molar-refractivity contribution in [3.63, 3.8) is 0 Å². The standard InChI is InChI=1S/C14H11BrClFO/c1-9-2-4-11(16)14(6-9)18-13-5-3-10(8-15)7-12(13)17/h2-7H,8H2,1H3. The minimum Gasteiger partial charge on any atom is -0.453 e. The highest BCUT2D eigenvalue weighted by Gasteiger charge is 2.08. The van der Waals surface area contributed by atoms with Crippen LogP contribution in [0.15, 0.2) is 36.4 Å². The van der Waals surface area contributed by atoms with Crippen molar-refractivity contribution in [3.8, 4) is 11.5 Å². The average Bonchev–Trinajstić information content (AvgIpc) is 2.36. The predicted molar refractivity (Wildman–Crippen MR) is 75.3 cm³/mol. The SMILES string of the molecule is Cc1ccc(Cl)c(Oc2ccc(CBr)cc2F)c1. The second kappa shape index (κ2) is 5.72. The topological polar surface area (TPSA) is 9.23 Å². The lowest BCUT2D eigenvalue weighted by Gasteiger charge is -2.09. The quantitative estimate of drug-likeness (QED) is 0.678. The molecule has 0 spiro atoms. The molecule has 18 heavy (non-hydrogen) atoms. The van der Waals surface area contributed by atoms with Gasteiger partial charge in [0.1, 0.15) is 5.75 Å². The van der Waals surface area contributed by atoms with Crippen LogP contribution in [0, 0.1) is 12.7 Å². The van der Waals surface area contributed by atoms with E-state index in [2.05, 4.69) is 15.9 Å². The molecule has 0 aliphatic heterocycles. The third kappa shape index (κ3) is 3.03. The summed E-state index contributed by atoms with van der Waals surface area (Å²) in [7, 11) is 0. The fourth-order valence-electron chi connectivity index (χ4n) is 1.52. The molecule has 0 fully saturated rings. The first kappa shape index (κ1) is 13.4. The van der Waals surface area contributed by atoms with Crippen LogP contribution >= 0.6 is 27.5 Å². The van der Waals surface area contributed by atoms with Gasteiger partial charge in [-0.15, -0.1) is 0 Å². The highest BCUT2D eigenvalue weighted by molar-refractivity contribution is 9.08. The molecule has 2 aromatic carbocycles. The van der Waals surface area contributed by atoms with Crippen LogP contribution in [-0.4, -0.2) is 0 Å². The molecule has 0 aliphatic rings. The Morgan fingerprint density at radius 2 is 1.94 bits per heavy atom. The first-order chi connectivity index (χ1) is 8.60. The van der Waals surface area contributed by atoms with E-state index >= 15 is 0 Å². The number of ether oxygens (including phenoxy) is 1. The van der Waals surface area contributed by atoms with Gasteiger partial charge in [0.2, 0.25) is 0 Å². The molecule has 2 aromatic rings. The van der Waals surface area contributed by atoms with Crippen molar-refractivity contribution in [2.24, 2.45) is 0 Å². The molecule has 0 saturated carbocycles. The van der Waals surface area contributed by atoms with Crippen LogP contribution in [0.5, 0.6) is 11.5 Å². The molecule has 0 unspecified atom stereocenters. The molecule has 0 radical (unpaired) electrons. The molecule has 94 valence electrons. The normalized spacial score (nSPS) is 10.4. The summed E-state index contributed by atoms with van der Waals surface area (Å²) in [5.41, 5.74) is 1.86. The van der Waals surface area contributed by atoms with Crippen molar-refractivity contribution in [1.82, 2.24) is 0 Å². The fourth-order valence-corrected chi connectivity index (χ4v) is 2.02. The average molecular weight is 330 g/mol. The third-order valence-electron chi connectivity index (χ3n) is 2.46. The Balaban J connectivity index is 2.31.